The minimum atomic E-state index is -0.544. The van der Waals surface area contributed by atoms with Crippen LogP contribution in [0.25, 0.3) is 0 Å². The van der Waals surface area contributed by atoms with Crippen molar-refractivity contribution in [2.45, 2.75) is 57.6 Å². The number of ether oxygens (including phenoxy) is 1. The predicted molar refractivity (Wildman–Crippen MR) is 96.3 cm³/mol. The van der Waals surface area contributed by atoms with E-state index in [4.69, 9.17) is 9.26 Å². The maximum absolute atomic E-state index is 11.8. The van der Waals surface area contributed by atoms with Crippen LogP contribution in [-0.2, 0) is 4.74 Å². The predicted octanol–water partition coefficient (Wildman–Crippen LogP) is 4.69. The molecule has 0 radical (unpaired) electrons. The van der Waals surface area contributed by atoms with Crippen LogP contribution in [0, 0.1) is 0 Å². The first kappa shape index (κ1) is 17.9. The first-order valence-corrected chi connectivity index (χ1v) is 9.11. The molecule has 25 heavy (non-hydrogen) atoms. The Morgan fingerprint density at radius 1 is 1.32 bits per heavy atom. The third-order valence-electron chi connectivity index (χ3n) is 3.98. The molecular formula is C18H22BrN3O3. The maximum atomic E-state index is 11.8. The molecule has 0 aliphatic heterocycles. The summed E-state index contributed by atoms with van der Waals surface area (Å²) in [4.78, 5) is 16.3. The SMILES string of the molecule is CC(NC(=O)OC(C)(C)C)c1noc([C@@H]2C[C@H]2c2ccc(Br)cc2)n1. The number of nitrogens with zero attached hydrogens (tertiary/aromatic N) is 2. The molecule has 0 bridgehead atoms. The minimum absolute atomic E-state index is 0.246. The number of benzene rings is 1. The normalized spacial score (nSPS) is 20.8. The molecule has 6 nitrogen and oxygen atoms in total. The molecule has 1 amide bonds. The molecule has 1 aliphatic carbocycles. The van der Waals surface area contributed by atoms with E-state index in [0.717, 1.165) is 10.9 Å². The highest BCUT2D eigenvalue weighted by Gasteiger charge is 2.43. The fourth-order valence-electron chi connectivity index (χ4n) is 2.67. The number of carbonyl (C=O) groups is 1. The molecule has 1 fully saturated rings. The van der Waals surface area contributed by atoms with Crippen molar-refractivity contribution in [1.29, 1.82) is 0 Å². The Morgan fingerprint density at radius 2 is 2.00 bits per heavy atom. The van der Waals surface area contributed by atoms with Gasteiger partial charge in [0.1, 0.15) is 5.60 Å². The lowest BCUT2D eigenvalue weighted by Gasteiger charge is -2.20. The molecule has 1 saturated carbocycles. The molecule has 1 unspecified atom stereocenters. The van der Waals surface area contributed by atoms with Crippen LogP contribution in [0.5, 0.6) is 0 Å². The van der Waals surface area contributed by atoms with Crippen molar-refractivity contribution < 1.29 is 14.1 Å². The molecule has 0 saturated heterocycles. The molecule has 1 aromatic carbocycles. The smallest absolute Gasteiger partial charge is 0.408 e. The molecule has 2 aromatic rings. The van der Waals surface area contributed by atoms with Crippen molar-refractivity contribution in [3.05, 3.63) is 46.0 Å². The fraction of sp³-hybridized carbons (Fsp3) is 0.500. The zero-order valence-electron chi connectivity index (χ0n) is 14.7. The van der Waals surface area contributed by atoms with Gasteiger partial charge < -0.3 is 14.6 Å². The average molecular weight is 408 g/mol. The van der Waals surface area contributed by atoms with Gasteiger partial charge in [-0.25, -0.2) is 4.79 Å². The summed E-state index contributed by atoms with van der Waals surface area (Å²) in [6.07, 6.45) is 0.502. The molecule has 1 aromatic heterocycles. The summed E-state index contributed by atoms with van der Waals surface area (Å²) in [5, 5.41) is 6.73. The van der Waals surface area contributed by atoms with Gasteiger partial charge in [-0.2, -0.15) is 4.98 Å². The van der Waals surface area contributed by atoms with E-state index in [9.17, 15) is 4.79 Å². The van der Waals surface area contributed by atoms with E-state index in [1.807, 2.05) is 32.9 Å². The number of aromatic nitrogens is 2. The Bertz CT molecular complexity index is 752. The Labute approximate surface area is 155 Å². The first-order valence-electron chi connectivity index (χ1n) is 8.31. The molecular weight excluding hydrogens is 386 g/mol. The molecule has 1 N–H and O–H groups in total. The lowest BCUT2D eigenvalue weighted by Crippen LogP contribution is -2.34. The van der Waals surface area contributed by atoms with Gasteiger partial charge in [-0.15, -0.1) is 0 Å². The second-order valence-corrected chi connectivity index (χ2v) is 8.27. The van der Waals surface area contributed by atoms with Crippen molar-refractivity contribution in [3.8, 4) is 0 Å². The first-order chi connectivity index (χ1) is 11.7. The largest absolute Gasteiger partial charge is 0.444 e. The summed E-state index contributed by atoms with van der Waals surface area (Å²) >= 11 is 3.45. The quantitative estimate of drug-likeness (QED) is 0.794. The molecule has 3 atom stereocenters. The third kappa shape index (κ3) is 4.60. The van der Waals surface area contributed by atoms with Crippen LogP contribution in [0.2, 0.25) is 0 Å². The van der Waals surface area contributed by atoms with Crippen LogP contribution < -0.4 is 5.32 Å². The summed E-state index contributed by atoms with van der Waals surface area (Å²) in [5.74, 6) is 1.75. The molecule has 3 rings (SSSR count). The van der Waals surface area contributed by atoms with Gasteiger partial charge in [0.2, 0.25) is 5.89 Å². The highest BCUT2D eigenvalue weighted by atomic mass is 79.9. The van der Waals surface area contributed by atoms with Crippen molar-refractivity contribution >= 4 is 22.0 Å². The lowest BCUT2D eigenvalue weighted by atomic mass is 10.1. The molecule has 7 heteroatoms. The number of halogens is 1. The van der Waals surface area contributed by atoms with Gasteiger partial charge in [-0.1, -0.05) is 33.2 Å². The van der Waals surface area contributed by atoms with Gasteiger partial charge >= 0.3 is 6.09 Å². The van der Waals surface area contributed by atoms with Crippen molar-refractivity contribution in [1.82, 2.24) is 15.5 Å². The summed E-state index contributed by atoms with van der Waals surface area (Å²) in [7, 11) is 0. The number of hydrogen-bond donors (Lipinski definition) is 1. The topological polar surface area (TPSA) is 77.2 Å². The van der Waals surface area contributed by atoms with Crippen molar-refractivity contribution in [2.24, 2.45) is 0 Å². The van der Waals surface area contributed by atoms with E-state index in [2.05, 4.69) is 43.5 Å². The number of hydrogen-bond acceptors (Lipinski definition) is 5. The number of alkyl carbamates (subject to hydrolysis) is 1. The van der Waals surface area contributed by atoms with Gasteiger partial charge in [-0.3, -0.25) is 0 Å². The summed E-state index contributed by atoms with van der Waals surface area (Å²) in [6.45, 7) is 7.26. The lowest BCUT2D eigenvalue weighted by molar-refractivity contribution is 0.0505. The van der Waals surface area contributed by atoms with E-state index in [1.54, 1.807) is 6.92 Å². The number of rotatable bonds is 4. The standard InChI is InChI=1S/C18H22BrN3O3/c1-10(20-17(23)24-18(2,3)4)15-21-16(25-22-15)14-9-13(14)11-5-7-12(19)8-6-11/h5-8,10,13-14H,9H2,1-4H3,(H,20,23)/t10?,13-,14+/m0/s1. The molecule has 1 aliphatic rings. The minimum Gasteiger partial charge on any atom is -0.444 e. The Morgan fingerprint density at radius 3 is 2.64 bits per heavy atom. The van der Waals surface area contributed by atoms with Gasteiger partial charge in [0.15, 0.2) is 5.82 Å². The number of amides is 1. The molecule has 134 valence electrons. The van der Waals surface area contributed by atoms with Crippen LogP contribution in [0.3, 0.4) is 0 Å². The van der Waals surface area contributed by atoms with Gasteiger partial charge in [0, 0.05) is 10.4 Å². The van der Waals surface area contributed by atoms with Gasteiger partial charge in [-0.05, 0) is 57.7 Å². The number of carbonyl (C=O) groups excluding carboxylic acids is 1. The monoisotopic (exact) mass is 407 g/mol. The van der Waals surface area contributed by atoms with Crippen LogP contribution in [0.15, 0.2) is 33.3 Å². The Kier molecular flexibility index (Phi) is 4.86. The molecule has 1 heterocycles. The number of nitrogens with one attached hydrogen (secondary N) is 1. The van der Waals surface area contributed by atoms with E-state index in [0.29, 0.717) is 17.6 Å². The summed E-state index contributed by atoms with van der Waals surface area (Å²) in [6, 6.07) is 7.92. The molecule has 0 spiro atoms. The van der Waals surface area contributed by atoms with Gasteiger partial charge in [0.05, 0.1) is 6.04 Å². The van der Waals surface area contributed by atoms with E-state index < -0.39 is 11.7 Å². The van der Waals surface area contributed by atoms with E-state index >= 15 is 0 Å². The van der Waals surface area contributed by atoms with Crippen LogP contribution >= 0.6 is 15.9 Å². The summed E-state index contributed by atoms with van der Waals surface area (Å²) in [5.41, 5.74) is 0.728. The Balaban J connectivity index is 1.59. The highest BCUT2D eigenvalue weighted by molar-refractivity contribution is 9.10. The summed E-state index contributed by atoms with van der Waals surface area (Å²) < 4.78 is 11.7. The highest BCUT2D eigenvalue weighted by Crippen LogP contribution is 2.54. The zero-order chi connectivity index (χ0) is 18.2. The van der Waals surface area contributed by atoms with Crippen molar-refractivity contribution in [3.63, 3.8) is 0 Å². The zero-order valence-corrected chi connectivity index (χ0v) is 16.3. The van der Waals surface area contributed by atoms with Crippen molar-refractivity contribution in [2.75, 3.05) is 0 Å². The van der Waals surface area contributed by atoms with Crippen LogP contribution in [-0.4, -0.2) is 21.8 Å². The van der Waals surface area contributed by atoms with Crippen LogP contribution in [0.1, 0.15) is 69.3 Å². The fourth-order valence-corrected chi connectivity index (χ4v) is 2.93. The van der Waals surface area contributed by atoms with E-state index in [-0.39, 0.29) is 12.0 Å². The second kappa shape index (κ2) is 6.78. The van der Waals surface area contributed by atoms with Crippen LogP contribution in [0.4, 0.5) is 4.79 Å². The Hall–Kier alpha value is -1.89. The third-order valence-corrected chi connectivity index (χ3v) is 4.51. The second-order valence-electron chi connectivity index (χ2n) is 7.36. The average Bonchev–Trinajstić information content (AvgIpc) is 3.14. The van der Waals surface area contributed by atoms with Gasteiger partial charge in [0.25, 0.3) is 0 Å². The van der Waals surface area contributed by atoms with E-state index in [1.165, 1.54) is 5.56 Å². The maximum Gasteiger partial charge on any atom is 0.408 e.